The van der Waals surface area contributed by atoms with E-state index in [2.05, 4.69) is 53.8 Å². The first-order valence-corrected chi connectivity index (χ1v) is 7.31. The van der Waals surface area contributed by atoms with Crippen LogP contribution in [-0.4, -0.2) is 20.2 Å². The van der Waals surface area contributed by atoms with Crippen LogP contribution < -0.4 is 10.1 Å². The van der Waals surface area contributed by atoms with Crippen molar-refractivity contribution < 1.29 is 4.74 Å². The second-order valence-corrected chi connectivity index (χ2v) is 5.41. The summed E-state index contributed by atoms with van der Waals surface area (Å²) in [4.78, 5) is 0. The van der Waals surface area contributed by atoms with E-state index in [9.17, 15) is 0 Å². The Bertz CT molecular complexity index is 565. The lowest BCUT2D eigenvalue weighted by Gasteiger charge is -2.17. The summed E-state index contributed by atoms with van der Waals surface area (Å²) in [6, 6.07) is 17.4. The molecule has 0 aromatic heterocycles. The van der Waals surface area contributed by atoms with Gasteiger partial charge in [-0.2, -0.15) is 0 Å². The fourth-order valence-electron chi connectivity index (χ4n) is 2.93. The highest BCUT2D eigenvalue weighted by Crippen LogP contribution is 2.28. The number of hydrogen-bond donors (Lipinski definition) is 1. The maximum absolute atomic E-state index is 5.58. The fraction of sp³-hybridized carbons (Fsp3) is 0.333. The highest BCUT2D eigenvalue weighted by atomic mass is 16.5. The number of nitrogens with one attached hydrogen (secondary N) is 1. The fourth-order valence-corrected chi connectivity index (χ4v) is 2.93. The van der Waals surface area contributed by atoms with Crippen LogP contribution in [0, 0.1) is 0 Å². The first kappa shape index (κ1) is 13.2. The van der Waals surface area contributed by atoms with Gasteiger partial charge >= 0.3 is 0 Å². The monoisotopic (exact) mass is 267 g/mol. The van der Waals surface area contributed by atoms with Gasteiger partial charge in [-0.05, 0) is 36.2 Å². The van der Waals surface area contributed by atoms with Gasteiger partial charge in [-0.25, -0.2) is 0 Å². The van der Waals surface area contributed by atoms with Crippen molar-refractivity contribution in [3.8, 4) is 5.75 Å². The maximum atomic E-state index is 5.58. The SMILES string of the molecule is CNCC(Cc1ccc2c(c1)CCO2)c1ccccc1. The van der Waals surface area contributed by atoms with Crippen molar-refractivity contribution in [3.63, 3.8) is 0 Å². The lowest BCUT2D eigenvalue weighted by Crippen LogP contribution is -2.19. The number of hydrogen-bond acceptors (Lipinski definition) is 2. The Morgan fingerprint density at radius 1 is 1.15 bits per heavy atom. The van der Waals surface area contributed by atoms with Crippen molar-refractivity contribution in [2.75, 3.05) is 20.2 Å². The molecule has 2 heteroatoms. The number of rotatable bonds is 5. The Hall–Kier alpha value is -1.80. The number of fused-ring (bicyclic) bond motifs is 1. The molecule has 1 aliphatic heterocycles. The highest BCUT2D eigenvalue weighted by molar-refractivity contribution is 5.40. The topological polar surface area (TPSA) is 21.3 Å². The summed E-state index contributed by atoms with van der Waals surface area (Å²) in [6.07, 6.45) is 2.11. The molecule has 0 amide bonds. The smallest absolute Gasteiger partial charge is 0.122 e. The first-order chi connectivity index (χ1) is 9.86. The number of likely N-dealkylation sites (N-methyl/N-ethyl adjacent to an activating group) is 1. The van der Waals surface area contributed by atoms with Gasteiger partial charge in [-0.15, -0.1) is 0 Å². The molecule has 1 aliphatic rings. The van der Waals surface area contributed by atoms with Crippen molar-refractivity contribution in [2.24, 2.45) is 0 Å². The van der Waals surface area contributed by atoms with Gasteiger partial charge in [-0.1, -0.05) is 42.5 Å². The van der Waals surface area contributed by atoms with Gasteiger partial charge in [0.1, 0.15) is 5.75 Å². The zero-order valence-corrected chi connectivity index (χ0v) is 11.9. The van der Waals surface area contributed by atoms with E-state index in [1.807, 2.05) is 7.05 Å². The molecule has 0 radical (unpaired) electrons. The Kier molecular flexibility index (Phi) is 4.03. The highest BCUT2D eigenvalue weighted by Gasteiger charge is 2.15. The molecule has 2 nitrogen and oxygen atoms in total. The van der Waals surface area contributed by atoms with Crippen LogP contribution in [0.4, 0.5) is 0 Å². The molecule has 1 heterocycles. The molecule has 0 spiro atoms. The molecule has 1 unspecified atom stereocenters. The third-order valence-corrected chi connectivity index (χ3v) is 3.96. The largest absolute Gasteiger partial charge is 0.493 e. The summed E-state index contributed by atoms with van der Waals surface area (Å²) in [7, 11) is 2.02. The molecular formula is C18H21NO. The van der Waals surface area contributed by atoms with Crippen LogP contribution in [0.2, 0.25) is 0 Å². The third kappa shape index (κ3) is 2.86. The van der Waals surface area contributed by atoms with Crippen molar-refractivity contribution in [1.29, 1.82) is 0 Å². The van der Waals surface area contributed by atoms with Crippen LogP contribution in [0.5, 0.6) is 5.75 Å². The lowest BCUT2D eigenvalue weighted by molar-refractivity contribution is 0.357. The zero-order valence-electron chi connectivity index (χ0n) is 11.9. The van der Waals surface area contributed by atoms with E-state index >= 15 is 0 Å². The molecule has 104 valence electrons. The Morgan fingerprint density at radius 2 is 2.00 bits per heavy atom. The first-order valence-electron chi connectivity index (χ1n) is 7.31. The summed E-state index contributed by atoms with van der Waals surface area (Å²) in [5, 5.41) is 3.31. The van der Waals surface area contributed by atoms with E-state index < -0.39 is 0 Å². The van der Waals surface area contributed by atoms with Crippen LogP contribution in [0.1, 0.15) is 22.6 Å². The summed E-state index contributed by atoms with van der Waals surface area (Å²) >= 11 is 0. The molecule has 1 atom stereocenters. The molecule has 0 aliphatic carbocycles. The summed E-state index contributed by atoms with van der Waals surface area (Å²) in [5.41, 5.74) is 4.16. The lowest BCUT2D eigenvalue weighted by atomic mass is 9.91. The molecule has 0 bridgehead atoms. The standard InChI is InChI=1S/C18H21NO/c1-19-13-17(15-5-3-2-4-6-15)12-14-7-8-18-16(11-14)9-10-20-18/h2-8,11,17,19H,9-10,12-13H2,1H3. The van der Waals surface area contributed by atoms with Gasteiger partial charge in [0.15, 0.2) is 0 Å². The van der Waals surface area contributed by atoms with Crippen molar-refractivity contribution in [1.82, 2.24) is 5.32 Å². The Balaban J connectivity index is 1.80. The van der Waals surface area contributed by atoms with E-state index in [-0.39, 0.29) is 0 Å². The van der Waals surface area contributed by atoms with E-state index in [0.717, 1.165) is 31.7 Å². The molecule has 2 aromatic carbocycles. The minimum atomic E-state index is 0.515. The van der Waals surface area contributed by atoms with Gasteiger partial charge in [0.05, 0.1) is 6.61 Å². The summed E-state index contributed by atoms with van der Waals surface area (Å²) in [5.74, 6) is 1.58. The molecular weight excluding hydrogens is 246 g/mol. The maximum Gasteiger partial charge on any atom is 0.122 e. The normalized spacial score (nSPS) is 14.7. The van der Waals surface area contributed by atoms with Crippen LogP contribution in [0.3, 0.4) is 0 Å². The zero-order chi connectivity index (χ0) is 13.8. The average Bonchev–Trinajstić information content (AvgIpc) is 2.95. The van der Waals surface area contributed by atoms with Crippen LogP contribution in [-0.2, 0) is 12.8 Å². The van der Waals surface area contributed by atoms with Gasteiger partial charge in [0.2, 0.25) is 0 Å². The summed E-state index contributed by atoms with van der Waals surface area (Å²) < 4.78 is 5.58. The predicted octanol–water partition coefficient (Wildman–Crippen LogP) is 3.17. The van der Waals surface area contributed by atoms with Crippen LogP contribution in [0.15, 0.2) is 48.5 Å². The van der Waals surface area contributed by atoms with E-state index in [1.54, 1.807) is 0 Å². The third-order valence-electron chi connectivity index (χ3n) is 3.96. The number of benzene rings is 2. The van der Waals surface area contributed by atoms with Crippen molar-refractivity contribution in [2.45, 2.75) is 18.8 Å². The average molecular weight is 267 g/mol. The van der Waals surface area contributed by atoms with E-state index in [1.165, 1.54) is 16.7 Å². The second-order valence-electron chi connectivity index (χ2n) is 5.41. The van der Waals surface area contributed by atoms with Crippen molar-refractivity contribution >= 4 is 0 Å². The quantitative estimate of drug-likeness (QED) is 0.898. The minimum Gasteiger partial charge on any atom is -0.493 e. The molecule has 20 heavy (non-hydrogen) atoms. The van der Waals surface area contributed by atoms with Crippen molar-refractivity contribution in [3.05, 3.63) is 65.2 Å². The Labute approximate surface area is 120 Å². The molecule has 1 N–H and O–H groups in total. The van der Waals surface area contributed by atoms with Gasteiger partial charge in [0, 0.05) is 18.9 Å². The molecule has 3 rings (SSSR count). The molecule has 0 saturated carbocycles. The van der Waals surface area contributed by atoms with E-state index in [4.69, 9.17) is 4.74 Å². The van der Waals surface area contributed by atoms with Gasteiger partial charge < -0.3 is 10.1 Å². The Morgan fingerprint density at radius 3 is 2.80 bits per heavy atom. The number of ether oxygens (including phenoxy) is 1. The van der Waals surface area contributed by atoms with Crippen LogP contribution >= 0.6 is 0 Å². The predicted molar refractivity (Wildman–Crippen MR) is 82.5 cm³/mol. The van der Waals surface area contributed by atoms with Gasteiger partial charge in [-0.3, -0.25) is 0 Å². The molecule has 0 saturated heterocycles. The van der Waals surface area contributed by atoms with Gasteiger partial charge in [0.25, 0.3) is 0 Å². The van der Waals surface area contributed by atoms with E-state index in [0.29, 0.717) is 5.92 Å². The minimum absolute atomic E-state index is 0.515. The molecule has 0 fully saturated rings. The second kappa shape index (κ2) is 6.10. The van der Waals surface area contributed by atoms with Crippen LogP contribution in [0.25, 0.3) is 0 Å². The summed E-state index contributed by atoms with van der Waals surface area (Å²) in [6.45, 7) is 1.83. The molecule has 2 aromatic rings.